The molecule has 0 aliphatic rings. The second-order valence-corrected chi connectivity index (χ2v) is 7.65. The zero-order chi connectivity index (χ0) is 22.2. The van der Waals surface area contributed by atoms with Crippen LogP contribution in [0.5, 0.6) is 0 Å². The molecule has 3 aromatic heterocycles. The largest absolute Gasteiger partial charge is 0.434 e. The molecule has 4 aromatic rings. The number of alkyl halides is 3. The number of hydrogen-bond donors (Lipinski definition) is 1. The molecule has 4 rings (SSSR count). The highest BCUT2D eigenvalue weighted by Crippen LogP contribution is 2.34. The molecule has 0 saturated carbocycles. The van der Waals surface area contributed by atoms with Crippen LogP contribution in [0.1, 0.15) is 27.2 Å². The lowest BCUT2D eigenvalue weighted by Crippen LogP contribution is -2.21. The predicted molar refractivity (Wildman–Crippen MR) is 111 cm³/mol. The van der Waals surface area contributed by atoms with Crippen molar-refractivity contribution in [3.63, 3.8) is 0 Å². The highest BCUT2D eigenvalue weighted by molar-refractivity contribution is 7.14. The van der Waals surface area contributed by atoms with Crippen molar-refractivity contribution in [1.82, 2.24) is 19.7 Å². The van der Waals surface area contributed by atoms with Crippen LogP contribution in [0.4, 0.5) is 18.3 Å². The molecule has 1 aromatic carbocycles. The van der Waals surface area contributed by atoms with Crippen molar-refractivity contribution in [3.05, 3.63) is 76.6 Å². The lowest BCUT2D eigenvalue weighted by molar-refractivity contribution is -0.143. The molecule has 0 atom stereocenters. The summed E-state index contributed by atoms with van der Waals surface area (Å²) in [6, 6.07) is 10.3. The van der Waals surface area contributed by atoms with Gasteiger partial charge in [0.1, 0.15) is 0 Å². The van der Waals surface area contributed by atoms with Crippen LogP contribution < -0.4 is 5.32 Å². The van der Waals surface area contributed by atoms with E-state index in [4.69, 9.17) is 0 Å². The molecular weight excluding hydrogens is 427 g/mol. The predicted octanol–water partition coefficient (Wildman–Crippen LogP) is 5.28. The van der Waals surface area contributed by atoms with Gasteiger partial charge in [-0.15, -0.1) is 11.3 Å². The van der Waals surface area contributed by atoms with Crippen LogP contribution >= 0.6 is 11.3 Å². The number of halogens is 3. The normalized spacial score (nSPS) is 11.5. The van der Waals surface area contributed by atoms with Gasteiger partial charge in [-0.2, -0.15) is 18.3 Å². The summed E-state index contributed by atoms with van der Waals surface area (Å²) in [4.78, 5) is 20.9. The van der Waals surface area contributed by atoms with Crippen LogP contribution in [0.25, 0.3) is 17.1 Å². The fourth-order valence-corrected chi connectivity index (χ4v) is 3.68. The summed E-state index contributed by atoms with van der Waals surface area (Å²) in [7, 11) is 0. The number of aryl methyl sites for hydroxylation is 2. The molecule has 0 radical (unpaired) electrons. The topological polar surface area (TPSA) is 72.7 Å². The van der Waals surface area contributed by atoms with Gasteiger partial charge in [0.05, 0.1) is 17.5 Å². The Morgan fingerprint density at radius 2 is 1.94 bits per heavy atom. The molecule has 0 unspecified atom stereocenters. The third-order valence-electron chi connectivity index (χ3n) is 4.68. The lowest BCUT2D eigenvalue weighted by Gasteiger charge is -2.11. The third kappa shape index (κ3) is 4.19. The van der Waals surface area contributed by atoms with E-state index >= 15 is 0 Å². The van der Waals surface area contributed by atoms with Gasteiger partial charge in [0, 0.05) is 17.1 Å². The van der Waals surface area contributed by atoms with Gasteiger partial charge in [-0.25, -0.2) is 14.6 Å². The molecule has 3 heterocycles. The molecule has 31 heavy (non-hydrogen) atoms. The van der Waals surface area contributed by atoms with Crippen molar-refractivity contribution in [1.29, 1.82) is 0 Å². The molecule has 0 spiro atoms. The summed E-state index contributed by atoms with van der Waals surface area (Å²) >= 11 is 1.13. The molecule has 10 heteroatoms. The summed E-state index contributed by atoms with van der Waals surface area (Å²) in [5.41, 5.74) is 1.91. The van der Waals surface area contributed by atoms with Gasteiger partial charge in [0.15, 0.2) is 16.6 Å². The Hall–Kier alpha value is -3.53. The number of thiazole rings is 1. The van der Waals surface area contributed by atoms with E-state index in [0.717, 1.165) is 34.2 Å². The molecule has 0 saturated heterocycles. The Morgan fingerprint density at radius 1 is 1.13 bits per heavy atom. The van der Waals surface area contributed by atoms with Crippen molar-refractivity contribution < 1.29 is 18.0 Å². The van der Waals surface area contributed by atoms with Crippen molar-refractivity contribution >= 4 is 22.4 Å². The van der Waals surface area contributed by atoms with Crippen LogP contribution in [-0.4, -0.2) is 25.7 Å². The van der Waals surface area contributed by atoms with E-state index in [1.807, 2.05) is 32.0 Å². The number of nitrogens with zero attached hydrogens (tertiary/aromatic N) is 4. The number of nitrogens with one attached hydrogen (secondary N) is 1. The second kappa shape index (κ2) is 7.95. The fraction of sp³-hybridized carbons (Fsp3) is 0.143. The molecule has 0 aliphatic carbocycles. The van der Waals surface area contributed by atoms with E-state index in [1.165, 1.54) is 18.3 Å². The Labute approximate surface area is 179 Å². The van der Waals surface area contributed by atoms with Gasteiger partial charge in [-0.3, -0.25) is 10.1 Å². The second-order valence-electron chi connectivity index (χ2n) is 6.80. The first kappa shape index (κ1) is 20.7. The standard InChI is InChI=1S/C21H16F3N5OS/c1-12-6-7-14(9-13(12)2)16-11-31-20(27-16)28-19(30)15-10-26-29(18(15)21(22,23)24)17-5-3-4-8-25-17/h3-11H,1-2H3,(H,27,28,30). The maximum atomic E-state index is 13.7. The highest BCUT2D eigenvalue weighted by Gasteiger charge is 2.41. The molecule has 0 fully saturated rings. The van der Waals surface area contributed by atoms with E-state index in [9.17, 15) is 18.0 Å². The number of anilines is 1. The van der Waals surface area contributed by atoms with E-state index in [2.05, 4.69) is 20.4 Å². The molecule has 0 aliphatic heterocycles. The van der Waals surface area contributed by atoms with Crippen LogP contribution in [0.2, 0.25) is 0 Å². The van der Waals surface area contributed by atoms with Crippen molar-refractivity contribution in [2.24, 2.45) is 0 Å². The average Bonchev–Trinajstić information content (AvgIpc) is 3.38. The van der Waals surface area contributed by atoms with Gasteiger partial charge in [0.2, 0.25) is 0 Å². The number of carbonyl (C=O) groups excluding carboxylic acids is 1. The van der Waals surface area contributed by atoms with Gasteiger partial charge in [-0.1, -0.05) is 18.2 Å². The summed E-state index contributed by atoms with van der Waals surface area (Å²) in [5.74, 6) is -0.990. The minimum absolute atomic E-state index is 0.0415. The Morgan fingerprint density at radius 3 is 2.61 bits per heavy atom. The summed E-state index contributed by atoms with van der Waals surface area (Å²) in [6.45, 7) is 3.97. The smallest absolute Gasteiger partial charge is 0.298 e. The van der Waals surface area contributed by atoms with Crippen LogP contribution in [0.3, 0.4) is 0 Å². The summed E-state index contributed by atoms with van der Waals surface area (Å²) in [5, 5.41) is 8.12. The quantitative estimate of drug-likeness (QED) is 0.466. The first-order valence-electron chi connectivity index (χ1n) is 9.15. The molecule has 1 amide bonds. The van der Waals surface area contributed by atoms with E-state index in [1.54, 1.807) is 11.4 Å². The van der Waals surface area contributed by atoms with Gasteiger partial charge in [-0.05, 0) is 43.2 Å². The lowest BCUT2D eigenvalue weighted by atomic mass is 10.1. The molecule has 0 bridgehead atoms. The average molecular weight is 443 g/mol. The van der Waals surface area contributed by atoms with Crippen LogP contribution in [0.15, 0.2) is 54.2 Å². The fourth-order valence-electron chi connectivity index (χ4n) is 2.97. The Balaban J connectivity index is 1.63. The summed E-state index contributed by atoms with van der Waals surface area (Å²) in [6.07, 6.45) is -2.58. The molecule has 6 nitrogen and oxygen atoms in total. The SMILES string of the molecule is Cc1ccc(-c2csc(NC(=O)c3cnn(-c4ccccn4)c3C(F)(F)F)n2)cc1C. The maximum Gasteiger partial charge on any atom is 0.434 e. The summed E-state index contributed by atoms with van der Waals surface area (Å²) < 4.78 is 41.8. The van der Waals surface area contributed by atoms with E-state index < -0.39 is 23.3 Å². The minimum Gasteiger partial charge on any atom is -0.298 e. The van der Waals surface area contributed by atoms with Crippen LogP contribution in [-0.2, 0) is 6.18 Å². The van der Waals surface area contributed by atoms with Crippen LogP contribution in [0, 0.1) is 13.8 Å². The van der Waals surface area contributed by atoms with Crippen molar-refractivity contribution in [3.8, 4) is 17.1 Å². The third-order valence-corrected chi connectivity index (χ3v) is 5.43. The zero-order valence-electron chi connectivity index (χ0n) is 16.4. The molecular formula is C21H16F3N5OS. The monoisotopic (exact) mass is 443 g/mol. The van der Waals surface area contributed by atoms with Gasteiger partial charge < -0.3 is 0 Å². The highest BCUT2D eigenvalue weighted by atomic mass is 32.1. The zero-order valence-corrected chi connectivity index (χ0v) is 17.3. The molecule has 158 valence electrons. The number of carbonyl (C=O) groups is 1. The van der Waals surface area contributed by atoms with Gasteiger partial charge >= 0.3 is 6.18 Å². The van der Waals surface area contributed by atoms with E-state index in [0.29, 0.717) is 10.4 Å². The Bertz CT molecular complexity index is 1250. The van der Waals surface area contributed by atoms with Crippen molar-refractivity contribution in [2.75, 3.05) is 5.32 Å². The van der Waals surface area contributed by atoms with Crippen molar-refractivity contribution in [2.45, 2.75) is 20.0 Å². The first-order valence-corrected chi connectivity index (χ1v) is 10.0. The number of benzene rings is 1. The number of hydrogen-bond acceptors (Lipinski definition) is 5. The number of amides is 1. The first-order chi connectivity index (χ1) is 14.7. The maximum absolute atomic E-state index is 13.7. The Kier molecular flexibility index (Phi) is 5.32. The number of rotatable bonds is 4. The minimum atomic E-state index is -4.81. The molecule has 1 N–H and O–H groups in total. The number of pyridine rings is 1. The number of aromatic nitrogens is 4. The van der Waals surface area contributed by atoms with Gasteiger partial charge in [0.25, 0.3) is 5.91 Å². The van der Waals surface area contributed by atoms with E-state index in [-0.39, 0.29) is 10.9 Å².